The number of carboxylic acids is 1. The van der Waals surface area contributed by atoms with E-state index in [0.717, 1.165) is 30.5 Å². The zero-order chi connectivity index (χ0) is 18.8. The topological polar surface area (TPSA) is 40.5 Å². The van der Waals surface area contributed by atoms with Gasteiger partial charge in [0.05, 0.1) is 22.0 Å². The van der Waals surface area contributed by atoms with Crippen molar-refractivity contribution in [2.75, 3.05) is 13.1 Å². The predicted octanol–water partition coefficient (Wildman–Crippen LogP) is 5.50. The third-order valence-corrected chi connectivity index (χ3v) is 5.73. The maximum absolute atomic E-state index is 11.5. The second kappa shape index (κ2) is 7.99. The number of nitrogens with zero attached hydrogens (tertiary/aromatic N) is 1. The summed E-state index contributed by atoms with van der Waals surface area (Å²) < 4.78 is 0. The molecule has 2 atom stereocenters. The van der Waals surface area contributed by atoms with Crippen LogP contribution >= 0.6 is 23.2 Å². The van der Waals surface area contributed by atoms with Gasteiger partial charge in [0, 0.05) is 6.54 Å². The summed E-state index contributed by atoms with van der Waals surface area (Å²) in [6, 6.07) is 12.1. The molecular weight excluding hydrogens is 369 g/mol. The van der Waals surface area contributed by atoms with Crippen molar-refractivity contribution in [3.63, 3.8) is 0 Å². The molecule has 0 spiro atoms. The third-order valence-electron chi connectivity index (χ3n) is 4.99. The summed E-state index contributed by atoms with van der Waals surface area (Å²) in [7, 11) is 0. The molecule has 2 aromatic carbocycles. The Hall–Kier alpha value is -1.55. The normalized spacial score (nSPS) is 19.3. The van der Waals surface area contributed by atoms with Crippen LogP contribution < -0.4 is 0 Å². The van der Waals surface area contributed by atoms with Gasteiger partial charge < -0.3 is 5.11 Å². The highest BCUT2D eigenvalue weighted by Gasteiger charge is 2.31. The van der Waals surface area contributed by atoms with Gasteiger partial charge in [0.1, 0.15) is 0 Å². The lowest BCUT2D eigenvalue weighted by Gasteiger charge is -2.38. The van der Waals surface area contributed by atoms with Crippen LogP contribution in [-0.2, 0) is 4.79 Å². The first-order chi connectivity index (χ1) is 12.3. The summed E-state index contributed by atoms with van der Waals surface area (Å²) >= 11 is 12.4. The molecule has 0 bridgehead atoms. The van der Waals surface area contributed by atoms with E-state index in [-0.39, 0.29) is 12.0 Å². The van der Waals surface area contributed by atoms with Crippen LogP contribution in [0.2, 0.25) is 10.0 Å². The standard InChI is InChI=1S/C21H23Cl2NO2/c1-13-8-14(2)10-17(9-13)20(15-5-6-18(22)19(23)11-15)24-7-3-4-16(12-24)21(25)26/h5-6,8-11,16,20H,3-4,7,12H2,1-2H3,(H,25,26). The second-order valence-corrected chi connectivity index (χ2v) is 7.98. The monoisotopic (exact) mass is 391 g/mol. The lowest BCUT2D eigenvalue weighted by Crippen LogP contribution is -2.41. The summed E-state index contributed by atoms with van der Waals surface area (Å²) in [5.74, 6) is -1.05. The van der Waals surface area contributed by atoms with Crippen molar-refractivity contribution < 1.29 is 9.90 Å². The van der Waals surface area contributed by atoms with Gasteiger partial charge in [0.15, 0.2) is 0 Å². The molecule has 1 saturated heterocycles. The van der Waals surface area contributed by atoms with Crippen LogP contribution in [0.4, 0.5) is 0 Å². The third kappa shape index (κ3) is 4.22. The summed E-state index contributed by atoms with van der Waals surface area (Å²) in [6.45, 7) is 5.56. The van der Waals surface area contributed by atoms with Crippen molar-refractivity contribution in [3.8, 4) is 0 Å². The Labute approximate surface area is 164 Å². The number of rotatable bonds is 4. The van der Waals surface area contributed by atoms with E-state index in [9.17, 15) is 9.90 Å². The summed E-state index contributed by atoms with van der Waals surface area (Å²) in [4.78, 5) is 13.8. The van der Waals surface area contributed by atoms with Gasteiger partial charge in [-0.15, -0.1) is 0 Å². The molecule has 5 heteroatoms. The average Bonchev–Trinajstić information content (AvgIpc) is 2.58. The van der Waals surface area contributed by atoms with Gasteiger partial charge in [-0.2, -0.15) is 0 Å². The van der Waals surface area contributed by atoms with Crippen molar-refractivity contribution in [1.82, 2.24) is 4.90 Å². The molecule has 1 heterocycles. The van der Waals surface area contributed by atoms with E-state index in [1.807, 2.05) is 18.2 Å². The fraction of sp³-hybridized carbons (Fsp3) is 0.381. The zero-order valence-corrected chi connectivity index (χ0v) is 16.5. The second-order valence-electron chi connectivity index (χ2n) is 7.17. The van der Waals surface area contributed by atoms with Crippen molar-refractivity contribution >= 4 is 29.2 Å². The number of carboxylic acid groups (broad SMARTS) is 1. The van der Waals surface area contributed by atoms with E-state index in [2.05, 4.69) is 36.9 Å². The van der Waals surface area contributed by atoms with E-state index in [1.54, 1.807) is 0 Å². The molecule has 2 unspecified atom stereocenters. The molecule has 1 aliphatic rings. The van der Waals surface area contributed by atoms with Crippen LogP contribution in [0.25, 0.3) is 0 Å². The van der Waals surface area contributed by atoms with E-state index in [4.69, 9.17) is 23.2 Å². The van der Waals surface area contributed by atoms with E-state index < -0.39 is 5.97 Å². The number of piperidine rings is 1. The maximum atomic E-state index is 11.5. The molecule has 1 aliphatic heterocycles. The SMILES string of the molecule is Cc1cc(C)cc(C(c2ccc(Cl)c(Cl)c2)N2CCCC(C(=O)O)C2)c1. The molecule has 0 radical (unpaired) electrons. The van der Waals surface area contributed by atoms with Gasteiger partial charge in [-0.1, -0.05) is 58.6 Å². The molecule has 0 saturated carbocycles. The average molecular weight is 392 g/mol. The summed E-state index contributed by atoms with van der Waals surface area (Å²) in [5, 5.41) is 10.5. The molecule has 3 rings (SSSR count). The van der Waals surface area contributed by atoms with Crippen LogP contribution in [0.3, 0.4) is 0 Å². The van der Waals surface area contributed by atoms with Crippen molar-refractivity contribution in [3.05, 3.63) is 68.7 Å². The van der Waals surface area contributed by atoms with Gasteiger partial charge in [-0.3, -0.25) is 9.69 Å². The number of hydrogen-bond donors (Lipinski definition) is 1. The minimum atomic E-state index is -0.719. The van der Waals surface area contributed by atoms with Crippen LogP contribution in [-0.4, -0.2) is 29.1 Å². The van der Waals surface area contributed by atoms with Gasteiger partial charge in [0.2, 0.25) is 0 Å². The van der Waals surface area contributed by atoms with E-state index in [0.29, 0.717) is 16.6 Å². The molecule has 0 amide bonds. The number of aryl methyl sites for hydroxylation is 2. The van der Waals surface area contributed by atoms with Crippen LogP contribution in [0.15, 0.2) is 36.4 Å². The Morgan fingerprint density at radius 1 is 1.08 bits per heavy atom. The number of hydrogen-bond acceptors (Lipinski definition) is 2. The molecule has 26 heavy (non-hydrogen) atoms. The van der Waals surface area contributed by atoms with Crippen LogP contribution in [0.5, 0.6) is 0 Å². The molecule has 1 fully saturated rings. The summed E-state index contributed by atoms with van der Waals surface area (Å²) in [6.07, 6.45) is 1.60. The Morgan fingerprint density at radius 2 is 1.77 bits per heavy atom. The minimum Gasteiger partial charge on any atom is -0.481 e. The highest BCUT2D eigenvalue weighted by atomic mass is 35.5. The first kappa shape index (κ1) is 19.2. The van der Waals surface area contributed by atoms with Gasteiger partial charge in [-0.25, -0.2) is 0 Å². The van der Waals surface area contributed by atoms with Gasteiger partial charge >= 0.3 is 5.97 Å². The highest BCUT2D eigenvalue weighted by molar-refractivity contribution is 6.42. The molecule has 0 aromatic heterocycles. The molecule has 1 N–H and O–H groups in total. The molecule has 0 aliphatic carbocycles. The minimum absolute atomic E-state index is 0.0366. The largest absolute Gasteiger partial charge is 0.481 e. The van der Waals surface area contributed by atoms with Crippen molar-refractivity contribution in [2.24, 2.45) is 5.92 Å². The van der Waals surface area contributed by atoms with Crippen LogP contribution in [0.1, 0.15) is 41.1 Å². The molecule has 138 valence electrons. The number of likely N-dealkylation sites (tertiary alicyclic amines) is 1. The Morgan fingerprint density at radius 3 is 2.38 bits per heavy atom. The van der Waals surface area contributed by atoms with E-state index in [1.165, 1.54) is 11.1 Å². The Balaban J connectivity index is 2.06. The van der Waals surface area contributed by atoms with E-state index >= 15 is 0 Å². The fourth-order valence-electron chi connectivity index (χ4n) is 3.91. The Bertz CT molecular complexity index is 801. The fourth-order valence-corrected chi connectivity index (χ4v) is 4.21. The summed E-state index contributed by atoms with van der Waals surface area (Å²) in [5.41, 5.74) is 4.58. The molecular formula is C21H23Cl2NO2. The zero-order valence-electron chi connectivity index (χ0n) is 15.0. The smallest absolute Gasteiger partial charge is 0.307 e. The number of aliphatic carboxylic acids is 1. The first-order valence-corrected chi connectivity index (χ1v) is 9.60. The number of carbonyl (C=O) groups is 1. The quantitative estimate of drug-likeness (QED) is 0.747. The van der Waals surface area contributed by atoms with Crippen molar-refractivity contribution in [2.45, 2.75) is 32.7 Å². The number of benzene rings is 2. The van der Waals surface area contributed by atoms with Crippen LogP contribution in [0, 0.1) is 19.8 Å². The molecule has 2 aromatic rings. The lowest BCUT2D eigenvalue weighted by molar-refractivity contribution is -0.143. The van der Waals surface area contributed by atoms with Crippen molar-refractivity contribution in [1.29, 1.82) is 0 Å². The Kier molecular flexibility index (Phi) is 5.91. The predicted molar refractivity (Wildman–Crippen MR) is 106 cm³/mol. The van der Waals surface area contributed by atoms with Gasteiger partial charge in [-0.05, 0) is 56.5 Å². The molecule has 3 nitrogen and oxygen atoms in total. The van der Waals surface area contributed by atoms with Gasteiger partial charge in [0.25, 0.3) is 0 Å². The first-order valence-electron chi connectivity index (χ1n) is 8.85. The highest BCUT2D eigenvalue weighted by Crippen LogP contribution is 2.36. The maximum Gasteiger partial charge on any atom is 0.307 e. The number of halogens is 2. The lowest BCUT2D eigenvalue weighted by atomic mass is 9.90.